The molecule has 2 aromatic rings. The SMILES string of the molecule is C=Cc1c(C)/c2[n-]/c1=C\C1[N-]C(/C=c3\[n-]c4c(c3C)C(=O)CC=4C3[N-]C(\C=2)C(C)C3CCC(=O)OC)C(CC)=C1C.[Cu]. The summed E-state index contributed by atoms with van der Waals surface area (Å²) in [7, 11) is 1.42. The number of Topliss-reactive ketones (excluding diaryl/α,β-unsaturated/α-hetero) is 1. The number of ether oxygens (including phenoxy) is 1. The van der Waals surface area contributed by atoms with Crippen LogP contribution in [0.1, 0.15) is 73.5 Å². The predicted octanol–water partition coefficient (Wildman–Crippen LogP) is 2.83. The van der Waals surface area contributed by atoms with Crippen molar-refractivity contribution in [1.82, 2.24) is 9.97 Å². The number of rotatable bonds is 5. The van der Waals surface area contributed by atoms with Crippen LogP contribution in [0.3, 0.4) is 0 Å². The first kappa shape index (κ1) is 30.6. The van der Waals surface area contributed by atoms with Gasteiger partial charge in [-0.25, -0.2) is 0 Å². The van der Waals surface area contributed by atoms with Crippen LogP contribution in [0.15, 0.2) is 17.7 Å². The van der Waals surface area contributed by atoms with E-state index in [1.807, 2.05) is 13.0 Å². The quantitative estimate of drug-likeness (QED) is 0.293. The van der Waals surface area contributed by atoms with Crippen molar-refractivity contribution in [2.24, 2.45) is 11.8 Å². The summed E-state index contributed by atoms with van der Waals surface area (Å²) in [4.78, 5) is 35.8. The van der Waals surface area contributed by atoms with Crippen molar-refractivity contribution in [3.8, 4) is 0 Å². The van der Waals surface area contributed by atoms with Gasteiger partial charge in [-0.15, -0.1) is 51.7 Å². The molecule has 7 nitrogen and oxygen atoms in total. The number of fused-ring (bicyclic) bond motifs is 8. The molecule has 227 valence electrons. The number of esters is 1. The van der Waals surface area contributed by atoms with E-state index in [-0.39, 0.29) is 64.8 Å². The Hall–Kier alpha value is -2.90. The normalized spacial score (nSPS) is 30.2. The second-order valence-electron chi connectivity index (χ2n) is 11.9. The molecule has 8 bridgehead atoms. The third kappa shape index (κ3) is 4.83. The van der Waals surface area contributed by atoms with Gasteiger partial charge in [0.05, 0.1) is 7.11 Å². The van der Waals surface area contributed by atoms with E-state index in [1.165, 1.54) is 18.3 Å². The van der Waals surface area contributed by atoms with Crippen LogP contribution in [-0.4, -0.2) is 43.0 Å². The summed E-state index contributed by atoms with van der Waals surface area (Å²) in [6.07, 6.45) is 10.5. The van der Waals surface area contributed by atoms with Crippen LogP contribution in [0.25, 0.3) is 40.5 Å². The van der Waals surface area contributed by atoms with E-state index in [0.29, 0.717) is 19.3 Å². The zero-order chi connectivity index (χ0) is 29.2. The molecule has 1 fully saturated rings. The van der Waals surface area contributed by atoms with Gasteiger partial charge in [0.25, 0.3) is 0 Å². The minimum absolute atomic E-state index is 0. The summed E-state index contributed by atoms with van der Waals surface area (Å²) in [6, 6.07) is -0.514. The van der Waals surface area contributed by atoms with E-state index < -0.39 is 0 Å². The Labute approximate surface area is 257 Å². The predicted molar refractivity (Wildman–Crippen MR) is 162 cm³/mol. The van der Waals surface area contributed by atoms with Crippen molar-refractivity contribution in [2.45, 2.75) is 84.5 Å². The first-order valence-corrected chi connectivity index (χ1v) is 14.7. The Morgan fingerprint density at radius 1 is 1.05 bits per heavy atom. The van der Waals surface area contributed by atoms with Crippen LogP contribution < -0.4 is 31.4 Å². The minimum atomic E-state index is -0.229. The first-order chi connectivity index (χ1) is 19.7. The van der Waals surface area contributed by atoms with Crippen LogP contribution in [0, 0.1) is 25.7 Å². The van der Waals surface area contributed by atoms with Gasteiger partial charge in [-0.2, -0.15) is 0 Å². The molecule has 8 heteroatoms. The molecule has 6 rings (SSSR count). The second-order valence-corrected chi connectivity index (χ2v) is 11.9. The van der Waals surface area contributed by atoms with Gasteiger partial charge in [0.2, 0.25) is 0 Å². The van der Waals surface area contributed by atoms with E-state index in [4.69, 9.17) is 25.3 Å². The first-order valence-electron chi connectivity index (χ1n) is 14.7. The fourth-order valence-electron chi connectivity index (χ4n) is 7.42. The Kier molecular flexibility index (Phi) is 8.47. The molecule has 1 saturated heterocycles. The summed E-state index contributed by atoms with van der Waals surface area (Å²) in [6.45, 7) is 14.7. The third-order valence-electron chi connectivity index (χ3n) is 9.86. The Morgan fingerprint density at radius 3 is 2.45 bits per heavy atom. The van der Waals surface area contributed by atoms with Crippen LogP contribution in [-0.2, 0) is 26.6 Å². The van der Waals surface area contributed by atoms with Gasteiger partial charge in [0.15, 0.2) is 5.78 Å². The van der Waals surface area contributed by atoms with Crippen LogP contribution in [0.2, 0.25) is 0 Å². The molecular weight excluding hydrogens is 576 g/mol. The number of ketones is 1. The number of methoxy groups -OCH3 is 1. The Morgan fingerprint density at radius 2 is 1.76 bits per heavy atom. The molecule has 6 unspecified atom stereocenters. The average molecular weight is 614 g/mol. The molecule has 4 aliphatic rings. The third-order valence-corrected chi connectivity index (χ3v) is 9.86. The fourth-order valence-corrected chi connectivity index (χ4v) is 7.42. The van der Waals surface area contributed by atoms with E-state index >= 15 is 0 Å². The number of carbonyl (C=O) groups excluding carboxylic acids is 2. The molecule has 1 aliphatic carbocycles. The summed E-state index contributed by atoms with van der Waals surface area (Å²) in [5.41, 5.74) is 7.27. The number of nitrogens with zero attached hydrogens (tertiary/aromatic N) is 4. The fraction of sp³-hybridized carbons (Fsp3) is 0.471. The number of hydrogen-bond donors (Lipinski definition) is 0. The monoisotopic (exact) mass is 613 g/mol. The largest absolute Gasteiger partial charge is 0.658 e. The van der Waals surface area contributed by atoms with Crippen LogP contribution in [0.4, 0.5) is 0 Å². The maximum atomic E-state index is 13.4. The summed E-state index contributed by atoms with van der Waals surface area (Å²) in [5.74, 6) is 0.0988. The van der Waals surface area contributed by atoms with Crippen molar-refractivity contribution in [2.75, 3.05) is 7.11 Å². The van der Waals surface area contributed by atoms with Crippen LogP contribution in [0.5, 0.6) is 0 Å². The molecular formula is C34H38CuN4O3-4. The Bertz CT molecular complexity index is 1740. The molecule has 0 N–H and O–H groups in total. The molecule has 1 radical (unpaired) electrons. The van der Waals surface area contributed by atoms with Gasteiger partial charge < -0.3 is 25.3 Å². The van der Waals surface area contributed by atoms with Gasteiger partial charge >= 0.3 is 5.97 Å². The molecule has 0 amide bonds. The van der Waals surface area contributed by atoms with E-state index in [1.54, 1.807) is 0 Å². The zero-order valence-corrected chi connectivity index (χ0v) is 26.1. The zero-order valence-electron chi connectivity index (χ0n) is 25.1. The van der Waals surface area contributed by atoms with E-state index in [9.17, 15) is 9.59 Å². The smallest absolute Gasteiger partial charge is 0.305 e. The maximum Gasteiger partial charge on any atom is 0.305 e. The summed E-state index contributed by atoms with van der Waals surface area (Å²) >= 11 is 0. The van der Waals surface area contributed by atoms with Gasteiger partial charge in [0, 0.05) is 35.5 Å². The standard InChI is InChI=1S/C34H38N4O3.Cu/c1-8-20-16(3)24-13-26-18(5)22(10-11-31(40)41-7)33(37-26)23-12-30(39)32-19(6)27(38-34(23)32)15-29-21(9-2)17(4)25(36-29)14-28(20)35-24;/h8,13-15,18,22,25-26,29,33H,1,9-12H2,2-7H3;/q-4;/b24-13-,27-15-,28-14-;. The summed E-state index contributed by atoms with van der Waals surface area (Å²) in [5, 5.41) is 13.9. The molecule has 0 spiro atoms. The number of hydrogen-bond acceptors (Lipinski definition) is 3. The van der Waals surface area contributed by atoms with Gasteiger partial charge in [0.1, 0.15) is 0 Å². The van der Waals surface area contributed by atoms with Gasteiger partial charge in [-0.05, 0) is 39.2 Å². The van der Waals surface area contributed by atoms with Crippen molar-refractivity contribution in [3.63, 3.8) is 0 Å². The topological polar surface area (TPSA) is 99.8 Å². The van der Waals surface area contributed by atoms with Gasteiger partial charge in [-0.1, -0.05) is 78.3 Å². The number of aromatic nitrogens is 2. The van der Waals surface area contributed by atoms with Crippen molar-refractivity contribution >= 4 is 41.6 Å². The molecule has 42 heavy (non-hydrogen) atoms. The summed E-state index contributed by atoms with van der Waals surface area (Å²) < 4.78 is 4.97. The Balaban J connectivity index is 0.00000353. The van der Waals surface area contributed by atoms with Gasteiger partial charge in [-0.3, -0.25) is 9.59 Å². The van der Waals surface area contributed by atoms with E-state index in [2.05, 4.69) is 52.5 Å². The van der Waals surface area contributed by atoms with Crippen molar-refractivity contribution in [1.29, 1.82) is 0 Å². The molecule has 0 saturated carbocycles. The van der Waals surface area contributed by atoms with Crippen LogP contribution >= 0.6 is 0 Å². The molecule has 5 heterocycles. The number of carbonyl (C=O) groups is 2. The molecule has 0 aromatic carbocycles. The van der Waals surface area contributed by atoms with E-state index in [0.717, 1.165) is 55.6 Å². The van der Waals surface area contributed by atoms with Crippen molar-refractivity contribution in [3.05, 3.63) is 72.0 Å². The molecule has 2 aromatic heterocycles. The second kappa shape index (κ2) is 11.6. The minimum Gasteiger partial charge on any atom is -0.658 e. The molecule has 6 atom stereocenters. The maximum absolute atomic E-state index is 13.4. The van der Waals surface area contributed by atoms with Crippen molar-refractivity contribution < 1.29 is 31.4 Å². The average Bonchev–Trinajstić information content (AvgIpc) is 3.70. The molecule has 3 aliphatic heterocycles.